The zero-order valence-electron chi connectivity index (χ0n) is 12.6. The highest BCUT2D eigenvalue weighted by atomic mass is 16.4. The number of aliphatic carboxylic acids is 1. The van der Waals surface area contributed by atoms with Gasteiger partial charge in [0.25, 0.3) is 0 Å². The second-order valence-corrected chi connectivity index (χ2v) is 5.39. The maximum atomic E-state index is 11.5. The second kappa shape index (κ2) is 8.52. The quantitative estimate of drug-likeness (QED) is 0.525. The fraction of sp³-hybridized carbons (Fsp3) is 0.769. The third-order valence-electron chi connectivity index (χ3n) is 2.78. The van der Waals surface area contributed by atoms with Gasteiger partial charge in [0.1, 0.15) is 5.54 Å². The summed E-state index contributed by atoms with van der Waals surface area (Å²) in [7, 11) is 0. The molecule has 1 unspecified atom stereocenters. The fourth-order valence-electron chi connectivity index (χ4n) is 1.56. The average Bonchev–Trinajstić information content (AvgIpc) is 2.34. The first-order chi connectivity index (χ1) is 9.21. The Morgan fingerprint density at radius 1 is 1.25 bits per heavy atom. The molecule has 7 nitrogen and oxygen atoms in total. The van der Waals surface area contributed by atoms with Gasteiger partial charge >= 0.3 is 12.0 Å². The van der Waals surface area contributed by atoms with Crippen LogP contribution in [0.3, 0.4) is 0 Å². The van der Waals surface area contributed by atoms with Gasteiger partial charge in [0, 0.05) is 6.54 Å². The zero-order valence-corrected chi connectivity index (χ0v) is 12.6. The van der Waals surface area contributed by atoms with E-state index in [4.69, 9.17) is 5.11 Å². The Labute approximate surface area is 119 Å². The van der Waals surface area contributed by atoms with Gasteiger partial charge in [-0.1, -0.05) is 27.2 Å². The van der Waals surface area contributed by atoms with Crippen molar-refractivity contribution in [2.45, 2.75) is 46.1 Å². The van der Waals surface area contributed by atoms with Crippen LogP contribution in [0, 0.1) is 5.92 Å². The van der Waals surface area contributed by atoms with Gasteiger partial charge in [0.15, 0.2) is 0 Å². The SMILES string of the molecule is CCCC(C)(NCC(=O)NC(=O)NCC(C)C)C(=O)O. The van der Waals surface area contributed by atoms with Gasteiger partial charge in [-0.15, -0.1) is 0 Å². The minimum Gasteiger partial charge on any atom is -0.480 e. The van der Waals surface area contributed by atoms with E-state index in [1.54, 1.807) is 0 Å². The largest absolute Gasteiger partial charge is 0.480 e. The summed E-state index contributed by atoms with van der Waals surface area (Å²) in [5, 5.41) is 16.5. The Balaban J connectivity index is 4.20. The molecule has 0 aliphatic carbocycles. The molecule has 0 aliphatic rings. The number of urea groups is 1. The summed E-state index contributed by atoms with van der Waals surface area (Å²) in [6.07, 6.45) is 1.07. The number of carboxylic acid groups (broad SMARTS) is 1. The highest BCUT2D eigenvalue weighted by molar-refractivity contribution is 5.95. The molecule has 0 fully saturated rings. The monoisotopic (exact) mass is 287 g/mol. The molecule has 0 bridgehead atoms. The van der Waals surface area contributed by atoms with Crippen molar-refractivity contribution in [1.82, 2.24) is 16.0 Å². The Morgan fingerprint density at radius 3 is 2.30 bits per heavy atom. The molecular weight excluding hydrogens is 262 g/mol. The van der Waals surface area contributed by atoms with Crippen LogP contribution in [0.25, 0.3) is 0 Å². The van der Waals surface area contributed by atoms with Crippen LogP contribution in [0.15, 0.2) is 0 Å². The number of rotatable bonds is 8. The van der Waals surface area contributed by atoms with Crippen molar-refractivity contribution < 1.29 is 19.5 Å². The Kier molecular flexibility index (Phi) is 7.83. The molecule has 116 valence electrons. The van der Waals surface area contributed by atoms with Crippen LogP contribution in [-0.4, -0.2) is 41.6 Å². The normalized spacial score (nSPS) is 13.7. The van der Waals surface area contributed by atoms with Crippen molar-refractivity contribution in [2.24, 2.45) is 5.92 Å². The minimum atomic E-state index is -1.17. The number of hydrogen-bond acceptors (Lipinski definition) is 4. The van der Waals surface area contributed by atoms with Crippen LogP contribution in [0.1, 0.15) is 40.5 Å². The molecule has 0 rings (SSSR count). The molecular formula is C13H25N3O4. The predicted octanol–water partition coefficient (Wildman–Crippen LogP) is 0.701. The van der Waals surface area contributed by atoms with Crippen LogP contribution in [0.2, 0.25) is 0 Å². The summed E-state index contributed by atoms with van der Waals surface area (Å²) in [6, 6.07) is -0.571. The van der Waals surface area contributed by atoms with E-state index < -0.39 is 23.4 Å². The van der Waals surface area contributed by atoms with Gasteiger partial charge in [-0.05, 0) is 19.3 Å². The highest BCUT2D eigenvalue weighted by Gasteiger charge is 2.32. The molecule has 1 atom stereocenters. The third kappa shape index (κ3) is 7.08. The number of carbonyl (C=O) groups excluding carboxylic acids is 2. The van der Waals surface area contributed by atoms with Crippen LogP contribution >= 0.6 is 0 Å². The average molecular weight is 287 g/mol. The van der Waals surface area contributed by atoms with E-state index >= 15 is 0 Å². The molecule has 0 aliphatic heterocycles. The fourth-order valence-corrected chi connectivity index (χ4v) is 1.56. The summed E-state index contributed by atoms with van der Waals surface area (Å²) in [5.74, 6) is -1.29. The summed E-state index contributed by atoms with van der Waals surface area (Å²) in [5.41, 5.74) is -1.17. The first-order valence-corrected chi connectivity index (χ1v) is 6.77. The van der Waals surface area contributed by atoms with Gasteiger partial charge in [-0.3, -0.25) is 20.2 Å². The first-order valence-electron chi connectivity index (χ1n) is 6.77. The Bertz CT molecular complexity index is 358. The lowest BCUT2D eigenvalue weighted by molar-refractivity contribution is -0.144. The van der Waals surface area contributed by atoms with Gasteiger partial charge in [-0.2, -0.15) is 0 Å². The summed E-state index contributed by atoms with van der Waals surface area (Å²) in [6.45, 7) is 7.50. The van der Waals surface area contributed by atoms with E-state index in [-0.39, 0.29) is 12.5 Å². The van der Waals surface area contributed by atoms with E-state index in [9.17, 15) is 14.4 Å². The standard InChI is InChI=1S/C13H25N3O4/c1-5-6-13(4,11(18)19)15-8-10(17)16-12(20)14-7-9(2)3/h9,15H,5-8H2,1-4H3,(H,18,19)(H2,14,16,17,20). The van der Waals surface area contributed by atoms with Crippen molar-refractivity contribution >= 4 is 17.9 Å². The number of amides is 3. The summed E-state index contributed by atoms with van der Waals surface area (Å²) >= 11 is 0. The molecule has 4 N–H and O–H groups in total. The van der Waals surface area contributed by atoms with Gasteiger partial charge < -0.3 is 10.4 Å². The lowest BCUT2D eigenvalue weighted by Crippen LogP contribution is -2.53. The topological polar surface area (TPSA) is 108 Å². The number of imide groups is 1. The third-order valence-corrected chi connectivity index (χ3v) is 2.78. The molecule has 0 radical (unpaired) electrons. The van der Waals surface area contributed by atoms with Gasteiger partial charge in [-0.25, -0.2) is 4.79 Å². The van der Waals surface area contributed by atoms with Crippen molar-refractivity contribution in [3.63, 3.8) is 0 Å². The summed E-state index contributed by atoms with van der Waals surface area (Å²) in [4.78, 5) is 34.0. The Morgan fingerprint density at radius 2 is 1.85 bits per heavy atom. The maximum absolute atomic E-state index is 11.5. The van der Waals surface area contributed by atoms with Crippen molar-refractivity contribution in [1.29, 1.82) is 0 Å². The first kappa shape index (κ1) is 18.4. The van der Waals surface area contributed by atoms with E-state index in [1.165, 1.54) is 6.92 Å². The van der Waals surface area contributed by atoms with Crippen molar-refractivity contribution in [3.05, 3.63) is 0 Å². The smallest absolute Gasteiger partial charge is 0.323 e. The molecule has 0 aromatic rings. The lowest BCUT2D eigenvalue weighted by Gasteiger charge is -2.25. The molecule has 0 spiro atoms. The van der Waals surface area contributed by atoms with Crippen LogP contribution in [0.4, 0.5) is 4.79 Å². The van der Waals surface area contributed by atoms with E-state index in [2.05, 4.69) is 16.0 Å². The second-order valence-electron chi connectivity index (χ2n) is 5.39. The van der Waals surface area contributed by atoms with E-state index in [0.717, 1.165) is 0 Å². The van der Waals surface area contributed by atoms with Crippen molar-refractivity contribution in [2.75, 3.05) is 13.1 Å². The summed E-state index contributed by atoms with van der Waals surface area (Å²) < 4.78 is 0. The Hall–Kier alpha value is -1.63. The zero-order chi connectivity index (χ0) is 15.8. The molecule has 0 saturated carbocycles. The van der Waals surface area contributed by atoms with Gasteiger partial charge in [0.05, 0.1) is 6.54 Å². The van der Waals surface area contributed by atoms with Crippen LogP contribution in [-0.2, 0) is 9.59 Å². The minimum absolute atomic E-state index is 0.224. The molecule has 0 saturated heterocycles. The number of carboxylic acids is 1. The molecule has 0 aromatic heterocycles. The molecule has 0 heterocycles. The van der Waals surface area contributed by atoms with Crippen LogP contribution in [0.5, 0.6) is 0 Å². The number of carbonyl (C=O) groups is 3. The number of hydrogen-bond donors (Lipinski definition) is 4. The predicted molar refractivity (Wildman–Crippen MR) is 75.3 cm³/mol. The molecule has 20 heavy (non-hydrogen) atoms. The molecule has 3 amide bonds. The maximum Gasteiger partial charge on any atom is 0.323 e. The lowest BCUT2D eigenvalue weighted by atomic mass is 9.96. The highest BCUT2D eigenvalue weighted by Crippen LogP contribution is 2.11. The van der Waals surface area contributed by atoms with Crippen LogP contribution < -0.4 is 16.0 Å². The molecule has 0 aromatic carbocycles. The van der Waals surface area contributed by atoms with E-state index in [0.29, 0.717) is 19.4 Å². The van der Waals surface area contributed by atoms with Crippen molar-refractivity contribution in [3.8, 4) is 0 Å². The molecule has 7 heteroatoms. The van der Waals surface area contributed by atoms with Gasteiger partial charge in [0.2, 0.25) is 5.91 Å². The van der Waals surface area contributed by atoms with E-state index in [1.807, 2.05) is 20.8 Å². The number of nitrogens with one attached hydrogen (secondary N) is 3.